The third-order valence-electron chi connectivity index (χ3n) is 2.75. The van der Waals surface area contributed by atoms with Crippen LogP contribution in [-0.2, 0) is 14.3 Å². The SMILES string of the molecule is C=CCOc1ccc(/C=C/C(=O)OCC(=O)NC(=O)NC(C)(C)C)cc1. The van der Waals surface area contributed by atoms with E-state index in [-0.39, 0.29) is 0 Å². The zero-order valence-corrected chi connectivity index (χ0v) is 15.2. The van der Waals surface area contributed by atoms with Crippen molar-refractivity contribution < 1.29 is 23.9 Å². The first-order valence-corrected chi connectivity index (χ1v) is 8.00. The van der Waals surface area contributed by atoms with Crippen LogP contribution >= 0.6 is 0 Å². The zero-order chi connectivity index (χ0) is 19.6. The number of amides is 3. The number of benzene rings is 1. The molecule has 7 nitrogen and oxygen atoms in total. The van der Waals surface area contributed by atoms with Crippen molar-refractivity contribution in [1.82, 2.24) is 10.6 Å². The van der Waals surface area contributed by atoms with Crippen LogP contribution in [0.1, 0.15) is 26.3 Å². The lowest BCUT2D eigenvalue weighted by Crippen LogP contribution is -2.49. The fourth-order valence-corrected chi connectivity index (χ4v) is 1.71. The van der Waals surface area contributed by atoms with Gasteiger partial charge < -0.3 is 14.8 Å². The van der Waals surface area contributed by atoms with Crippen LogP contribution in [0, 0.1) is 0 Å². The van der Waals surface area contributed by atoms with E-state index in [0.29, 0.717) is 12.4 Å². The Morgan fingerprint density at radius 1 is 1.15 bits per heavy atom. The molecule has 0 aliphatic heterocycles. The molecule has 3 amide bonds. The Kier molecular flexibility index (Phi) is 8.08. The number of hydrogen-bond acceptors (Lipinski definition) is 5. The number of rotatable bonds is 7. The quantitative estimate of drug-likeness (QED) is 0.442. The maximum atomic E-state index is 11.6. The van der Waals surface area contributed by atoms with Gasteiger partial charge in [0.05, 0.1) is 0 Å². The molecule has 0 atom stereocenters. The van der Waals surface area contributed by atoms with E-state index in [1.807, 2.05) is 0 Å². The molecule has 0 bridgehead atoms. The van der Waals surface area contributed by atoms with Gasteiger partial charge in [-0.3, -0.25) is 10.1 Å². The number of nitrogens with one attached hydrogen (secondary N) is 2. The summed E-state index contributed by atoms with van der Waals surface area (Å²) < 4.78 is 10.1. The largest absolute Gasteiger partial charge is 0.490 e. The summed E-state index contributed by atoms with van der Waals surface area (Å²) in [7, 11) is 0. The van der Waals surface area contributed by atoms with E-state index in [9.17, 15) is 14.4 Å². The third kappa shape index (κ3) is 9.27. The van der Waals surface area contributed by atoms with E-state index in [1.165, 1.54) is 6.08 Å². The predicted octanol–water partition coefficient (Wildman–Crippen LogP) is 2.43. The van der Waals surface area contributed by atoms with Crippen LogP contribution in [0.5, 0.6) is 5.75 Å². The summed E-state index contributed by atoms with van der Waals surface area (Å²) in [4.78, 5) is 34.7. The summed E-state index contributed by atoms with van der Waals surface area (Å²) in [5.41, 5.74) is 0.290. The molecule has 0 aromatic heterocycles. The Morgan fingerprint density at radius 2 is 1.81 bits per heavy atom. The van der Waals surface area contributed by atoms with Gasteiger partial charge in [0.2, 0.25) is 0 Å². The monoisotopic (exact) mass is 360 g/mol. The molecule has 0 saturated heterocycles. The summed E-state index contributed by atoms with van der Waals surface area (Å²) in [5, 5.41) is 4.64. The van der Waals surface area contributed by atoms with Crippen molar-refractivity contribution in [2.24, 2.45) is 0 Å². The number of esters is 1. The molecule has 0 fully saturated rings. The van der Waals surface area contributed by atoms with Crippen LogP contribution in [0.15, 0.2) is 43.0 Å². The van der Waals surface area contributed by atoms with Gasteiger partial charge >= 0.3 is 12.0 Å². The zero-order valence-electron chi connectivity index (χ0n) is 15.2. The Morgan fingerprint density at radius 3 is 2.38 bits per heavy atom. The molecule has 0 heterocycles. The van der Waals surface area contributed by atoms with Crippen LogP contribution in [-0.4, -0.2) is 36.7 Å². The molecule has 0 radical (unpaired) electrons. The minimum Gasteiger partial charge on any atom is -0.490 e. The van der Waals surface area contributed by atoms with E-state index < -0.39 is 30.1 Å². The fraction of sp³-hybridized carbons (Fsp3) is 0.316. The lowest BCUT2D eigenvalue weighted by molar-refractivity contribution is -0.143. The van der Waals surface area contributed by atoms with Crippen LogP contribution in [0.2, 0.25) is 0 Å². The highest BCUT2D eigenvalue weighted by molar-refractivity contribution is 5.96. The molecule has 0 aliphatic carbocycles. The van der Waals surface area contributed by atoms with E-state index in [0.717, 1.165) is 5.56 Å². The Hall–Kier alpha value is -3.09. The molecule has 0 saturated carbocycles. The van der Waals surface area contributed by atoms with Gasteiger partial charge in [0.15, 0.2) is 6.61 Å². The van der Waals surface area contributed by atoms with Crippen molar-refractivity contribution in [1.29, 1.82) is 0 Å². The first-order valence-electron chi connectivity index (χ1n) is 8.00. The number of ether oxygens (including phenoxy) is 2. The highest BCUT2D eigenvalue weighted by atomic mass is 16.5. The molecule has 1 rings (SSSR count). The summed E-state index contributed by atoms with van der Waals surface area (Å²) >= 11 is 0. The minimum absolute atomic E-state index is 0.414. The number of urea groups is 1. The maximum absolute atomic E-state index is 11.6. The minimum atomic E-state index is -0.711. The van der Waals surface area contributed by atoms with E-state index in [1.54, 1.807) is 57.2 Å². The molecule has 0 unspecified atom stereocenters. The number of carbonyl (C=O) groups excluding carboxylic acids is 3. The molecule has 1 aromatic carbocycles. The second kappa shape index (κ2) is 10.0. The number of hydrogen-bond donors (Lipinski definition) is 2. The van der Waals surface area contributed by atoms with Gasteiger partial charge in [-0.05, 0) is 44.5 Å². The molecule has 7 heteroatoms. The fourth-order valence-electron chi connectivity index (χ4n) is 1.71. The van der Waals surface area contributed by atoms with Crippen LogP contribution in [0.4, 0.5) is 4.79 Å². The molecular formula is C19H24N2O5. The van der Waals surface area contributed by atoms with Gasteiger partial charge in [-0.25, -0.2) is 9.59 Å². The maximum Gasteiger partial charge on any atom is 0.331 e. The summed E-state index contributed by atoms with van der Waals surface area (Å²) in [6.45, 7) is 8.77. The van der Waals surface area contributed by atoms with Crippen LogP contribution in [0.25, 0.3) is 6.08 Å². The van der Waals surface area contributed by atoms with Crippen molar-refractivity contribution in [2.75, 3.05) is 13.2 Å². The highest BCUT2D eigenvalue weighted by Crippen LogP contribution is 2.13. The number of carbonyl (C=O) groups is 3. The summed E-state index contributed by atoms with van der Waals surface area (Å²) in [6.07, 6.45) is 4.39. The Labute approximate surface area is 153 Å². The highest BCUT2D eigenvalue weighted by Gasteiger charge is 2.16. The Balaban J connectivity index is 2.39. The molecule has 0 aliphatic rings. The lowest BCUT2D eigenvalue weighted by atomic mass is 10.1. The van der Waals surface area contributed by atoms with Gasteiger partial charge in [-0.15, -0.1) is 0 Å². The molecule has 2 N–H and O–H groups in total. The second-order valence-corrected chi connectivity index (χ2v) is 6.36. The van der Waals surface area contributed by atoms with E-state index >= 15 is 0 Å². The smallest absolute Gasteiger partial charge is 0.331 e. The first kappa shape index (κ1) is 21.0. The van der Waals surface area contributed by atoms with Crippen molar-refractivity contribution in [2.45, 2.75) is 26.3 Å². The summed E-state index contributed by atoms with van der Waals surface area (Å²) in [6, 6.07) is 6.41. The molecule has 26 heavy (non-hydrogen) atoms. The standard InChI is InChI=1S/C19H24N2O5/c1-5-12-25-15-9-6-14(7-10-15)8-11-17(23)26-13-16(22)20-18(24)21-19(2,3)4/h5-11H,1,12-13H2,2-4H3,(H2,20,21,22,24)/b11-8+. The normalized spacial score (nSPS) is 10.9. The second-order valence-electron chi connectivity index (χ2n) is 6.36. The third-order valence-corrected chi connectivity index (χ3v) is 2.75. The van der Waals surface area contributed by atoms with E-state index in [4.69, 9.17) is 9.47 Å². The molecular weight excluding hydrogens is 336 g/mol. The lowest BCUT2D eigenvalue weighted by Gasteiger charge is -2.20. The Bertz CT molecular complexity index is 672. The molecule has 140 valence electrons. The predicted molar refractivity (Wildman–Crippen MR) is 98.6 cm³/mol. The van der Waals surface area contributed by atoms with Gasteiger partial charge in [0.25, 0.3) is 5.91 Å². The van der Waals surface area contributed by atoms with Gasteiger partial charge in [0.1, 0.15) is 12.4 Å². The van der Waals surface area contributed by atoms with Crippen LogP contribution in [0.3, 0.4) is 0 Å². The van der Waals surface area contributed by atoms with Gasteiger partial charge in [-0.1, -0.05) is 24.8 Å². The van der Waals surface area contributed by atoms with Crippen molar-refractivity contribution in [3.05, 3.63) is 48.6 Å². The van der Waals surface area contributed by atoms with E-state index in [2.05, 4.69) is 17.2 Å². The first-order chi connectivity index (χ1) is 12.2. The van der Waals surface area contributed by atoms with Crippen molar-refractivity contribution >= 4 is 24.0 Å². The summed E-state index contributed by atoms with van der Waals surface area (Å²) in [5.74, 6) is -0.713. The van der Waals surface area contributed by atoms with Crippen molar-refractivity contribution in [3.63, 3.8) is 0 Å². The van der Waals surface area contributed by atoms with Crippen LogP contribution < -0.4 is 15.4 Å². The number of imide groups is 1. The topological polar surface area (TPSA) is 93.7 Å². The molecule has 1 aromatic rings. The molecule has 0 spiro atoms. The van der Waals surface area contributed by atoms with Crippen molar-refractivity contribution in [3.8, 4) is 5.75 Å². The van der Waals surface area contributed by atoms with Gasteiger partial charge in [0, 0.05) is 11.6 Å². The average Bonchev–Trinajstić information content (AvgIpc) is 2.55. The van der Waals surface area contributed by atoms with Gasteiger partial charge in [-0.2, -0.15) is 0 Å². The average molecular weight is 360 g/mol.